The lowest BCUT2D eigenvalue weighted by Crippen LogP contribution is -1.95. The number of aryl methyl sites for hydroxylation is 2. The first-order valence-corrected chi connectivity index (χ1v) is 7.20. The van der Waals surface area contributed by atoms with Crippen molar-refractivity contribution in [2.45, 2.75) is 13.8 Å². The van der Waals surface area contributed by atoms with Gasteiger partial charge < -0.3 is 10.5 Å². The van der Waals surface area contributed by atoms with Crippen LogP contribution in [0.2, 0.25) is 5.02 Å². The fourth-order valence-corrected chi connectivity index (χ4v) is 3.17. The van der Waals surface area contributed by atoms with Gasteiger partial charge in [0.15, 0.2) is 5.75 Å². The average Bonchev–Trinajstić information content (AvgIpc) is 2.71. The molecule has 0 aliphatic carbocycles. The van der Waals surface area contributed by atoms with Crippen molar-refractivity contribution in [2.75, 3.05) is 5.73 Å². The molecule has 0 saturated carbocycles. The zero-order valence-corrected chi connectivity index (χ0v) is 12.5. The SMILES string of the molecule is Cc1sc2ncnc(Oc3c(N)cccc3Cl)c2c1C. The molecular weight excluding hydrogens is 294 g/mol. The van der Waals surface area contributed by atoms with Gasteiger partial charge in [-0.3, -0.25) is 0 Å². The van der Waals surface area contributed by atoms with E-state index in [1.165, 1.54) is 11.2 Å². The molecule has 0 atom stereocenters. The van der Waals surface area contributed by atoms with Gasteiger partial charge in [-0.15, -0.1) is 11.3 Å². The van der Waals surface area contributed by atoms with Crippen molar-refractivity contribution in [1.82, 2.24) is 9.97 Å². The summed E-state index contributed by atoms with van der Waals surface area (Å²) in [7, 11) is 0. The summed E-state index contributed by atoms with van der Waals surface area (Å²) in [6.07, 6.45) is 1.49. The molecule has 0 radical (unpaired) electrons. The Morgan fingerprint density at radius 1 is 1.25 bits per heavy atom. The lowest BCUT2D eigenvalue weighted by molar-refractivity contribution is 0.470. The zero-order valence-electron chi connectivity index (χ0n) is 11.0. The second-order valence-corrected chi connectivity index (χ2v) is 6.01. The summed E-state index contributed by atoms with van der Waals surface area (Å²) in [4.78, 5) is 10.6. The van der Waals surface area contributed by atoms with Gasteiger partial charge in [-0.1, -0.05) is 17.7 Å². The van der Waals surface area contributed by atoms with Crippen molar-refractivity contribution in [3.8, 4) is 11.6 Å². The number of nitrogens with two attached hydrogens (primary N) is 1. The molecule has 0 amide bonds. The molecule has 0 aliphatic rings. The number of fused-ring (bicyclic) bond motifs is 1. The minimum atomic E-state index is 0.428. The molecule has 4 nitrogen and oxygen atoms in total. The fraction of sp³-hybridized carbons (Fsp3) is 0.143. The van der Waals surface area contributed by atoms with E-state index in [4.69, 9.17) is 22.1 Å². The van der Waals surface area contributed by atoms with Crippen LogP contribution in [0, 0.1) is 13.8 Å². The number of halogens is 1. The van der Waals surface area contributed by atoms with Gasteiger partial charge in [0.05, 0.1) is 16.1 Å². The van der Waals surface area contributed by atoms with Crippen LogP contribution in [0.25, 0.3) is 10.2 Å². The minimum Gasteiger partial charge on any atom is -0.434 e. The molecule has 1 aromatic carbocycles. The Morgan fingerprint density at radius 2 is 2.05 bits per heavy atom. The predicted octanol–water partition coefficient (Wildman–Crippen LogP) is 4.34. The van der Waals surface area contributed by atoms with Crippen LogP contribution in [0.1, 0.15) is 10.4 Å². The second-order valence-electron chi connectivity index (χ2n) is 4.40. The van der Waals surface area contributed by atoms with Gasteiger partial charge in [0, 0.05) is 4.88 Å². The van der Waals surface area contributed by atoms with Crippen molar-refractivity contribution in [3.63, 3.8) is 0 Å². The first kappa shape index (κ1) is 13.1. The third-order valence-corrected chi connectivity index (χ3v) is 4.54. The Morgan fingerprint density at radius 3 is 2.80 bits per heavy atom. The summed E-state index contributed by atoms with van der Waals surface area (Å²) in [5.41, 5.74) is 7.50. The van der Waals surface area contributed by atoms with Crippen LogP contribution in [-0.2, 0) is 0 Å². The van der Waals surface area contributed by atoms with E-state index in [0.29, 0.717) is 22.3 Å². The van der Waals surface area contributed by atoms with Gasteiger partial charge in [-0.05, 0) is 31.5 Å². The molecule has 0 bridgehead atoms. The molecule has 0 unspecified atom stereocenters. The first-order chi connectivity index (χ1) is 9.58. The van der Waals surface area contributed by atoms with Crippen molar-refractivity contribution in [2.24, 2.45) is 0 Å². The van der Waals surface area contributed by atoms with Crippen molar-refractivity contribution in [3.05, 3.63) is 40.0 Å². The molecule has 3 rings (SSSR count). The number of hydrogen-bond donors (Lipinski definition) is 1. The predicted molar refractivity (Wildman–Crippen MR) is 82.8 cm³/mol. The van der Waals surface area contributed by atoms with E-state index in [0.717, 1.165) is 15.8 Å². The summed E-state index contributed by atoms with van der Waals surface area (Å²) >= 11 is 7.75. The molecule has 2 N–H and O–H groups in total. The van der Waals surface area contributed by atoms with Gasteiger partial charge in [-0.25, -0.2) is 9.97 Å². The van der Waals surface area contributed by atoms with Gasteiger partial charge in [0.1, 0.15) is 11.2 Å². The smallest absolute Gasteiger partial charge is 0.231 e. The Kier molecular flexibility index (Phi) is 3.23. The van der Waals surface area contributed by atoms with Crippen LogP contribution in [0.4, 0.5) is 5.69 Å². The van der Waals surface area contributed by atoms with Crippen molar-refractivity contribution in [1.29, 1.82) is 0 Å². The van der Waals surface area contributed by atoms with Gasteiger partial charge in [-0.2, -0.15) is 0 Å². The number of aromatic nitrogens is 2. The third kappa shape index (κ3) is 2.09. The Balaban J connectivity index is 2.16. The molecule has 0 fully saturated rings. The van der Waals surface area contributed by atoms with Gasteiger partial charge in [0.2, 0.25) is 5.88 Å². The summed E-state index contributed by atoms with van der Waals surface area (Å²) < 4.78 is 5.85. The molecule has 2 heterocycles. The summed E-state index contributed by atoms with van der Waals surface area (Å²) in [6, 6.07) is 5.25. The largest absolute Gasteiger partial charge is 0.434 e. The number of benzene rings is 1. The summed E-state index contributed by atoms with van der Waals surface area (Å²) in [6.45, 7) is 4.08. The number of nitrogens with zero attached hydrogens (tertiary/aromatic N) is 2. The van der Waals surface area contributed by atoms with Crippen molar-refractivity contribution < 1.29 is 4.74 Å². The van der Waals surface area contributed by atoms with Crippen LogP contribution in [-0.4, -0.2) is 9.97 Å². The number of nitrogen functional groups attached to an aromatic ring is 1. The molecule has 0 saturated heterocycles. The number of ether oxygens (including phenoxy) is 1. The fourth-order valence-electron chi connectivity index (χ4n) is 1.96. The average molecular weight is 306 g/mol. The van der Waals surface area contributed by atoms with Crippen LogP contribution >= 0.6 is 22.9 Å². The normalized spacial score (nSPS) is 10.9. The molecule has 0 aliphatic heterocycles. The molecule has 102 valence electrons. The molecule has 2 aromatic heterocycles. The second kappa shape index (κ2) is 4.92. The molecule has 6 heteroatoms. The van der Waals surface area contributed by atoms with Crippen LogP contribution in [0.15, 0.2) is 24.5 Å². The maximum absolute atomic E-state index is 6.13. The highest BCUT2D eigenvalue weighted by atomic mass is 35.5. The highest BCUT2D eigenvalue weighted by Gasteiger charge is 2.15. The maximum Gasteiger partial charge on any atom is 0.231 e. The molecule has 3 aromatic rings. The highest BCUT2D eigenvalue weighted by Crippen LogP contribution is 2.39. The van der Waals surface area contributed by atoms with Gasteiger partial charge >= 0.3 is 0 Å². The zero-order chi connectivity index (χ0) is 14.3. The van der Waals surface area contributed by atoms with E-state index in [1.807, 2.05) is 6.92 Å². The number of thiophene rings is 1. The topological polar surface area (TPSA) is 61.0 Å². The monoisotopic (exact) mass is 305 g/mol. The van der Waals surface area contributed by atoms with Crippen LogP contribution < -0.4 is 10.5 Å². The number of rotatable bonds is 2. The molecular formula is C14H12ClN3OS. The number of para-hydroxylation sites is 1. The quantitative estimate of drug-likeness (QED) is 0.716. The van der Waals surface area contributed by atoms with E-state index >= 15 is 0 Å². The first-order valence-electron chi connectivity index (χ1n) is 6.00. The van der Waals surface area contributed by atoms with Crippen molar-refractivity contribution >= 4 is 38.8 Å². The maximum atomic E-state index is 6.13. The lowest BCUT2D eigenvalue weighted by atomic mass is 10.2. The van der Waals surface area contributed by atoms with E-state index in [2.05, 4.69) is 16.9 Å². The van der Waals surface area contributed by atoms with Crippen LogP contribution in [0.5, 0.6) is 11.6 Å². The molecule has 20 heavy (non-hydrogen) atoms. The third-order valence-electron chi connectivity index (χ3n) is 3.13. The highest BCUT2D eigenvalue weighted by molar-refractivity contribution is 7.18. The molecule has 0 spiro atoms. The Labute approximate surface area is 125 Å². The minimum absolute atomic E-state index is 0.428. The van der Waals surface area contributed by atoms with Gasteiger partial charge in [0.25, 0.3) is 0 Å². The number of anilines is 1. The van der Waals surface area contributed by atoms with E-state index in [9.17, 15) is 0 Å². The van der Waals surface area contributed by atoms with Crippen LogP contribution in [0.3, 0.4) is 0 Å². The Hall–Kier alpha value is -1.85. The summed E-state index contributed by atoms with van der Waals surface area (Å²) in [5, 5.41) is 1.37. The number of hydrogen-bond acceptors (Lipinski definition) is 5. The van der Waals surface area contributed by atoms with E-state index in [1.54, 1.807) is 29.5 Å². The Bertz CT molecular complexity index is 780. The summed E-state index contributed by atoms with van der Waals surface area (Å²) in [5.74, 6) is 0.911. The van der Waals surface area contributed by atoms with E-state index < -0.39 is 0 Å². The lowest BCUT2D eigenvalue weighted by Gasteiger charge is -2.10. The standard InChI is InChI=1S/C14H12ClN3OS/c1-7-8(2)20-14-11(7)13(17-6-18-14)19-12-9(15)4-3-5-10(12)16/h3-6H,16H2,1-2H3. The van der Waals surface area contributed by atoms with E-state index in [-0.39, 0.29) is 0 Å².